The van der Waals surface area contributed by atoms with Gasteiger partial charge in [-0.3, -0.25) is 14.4 Å². The molecule has 1 fully saturated rings. The van der Waals surface area contributed by atoms with Crippen molar-refractivity contribution in [1.29, 1.82) is 0 Å². The van der Waals surface area contributed by atoms with Gasteiger partial charge in [-0.05, 0) is 85.5 Å². The van der Waals surface area contributed by atoms with Crippen molar-refractivity contribution in [2.24, 2.45) is 5.73 Å². The number of aromatic nitrogens is 4. The van der Waals surface area contributed by atoms with E-state index >= 15 is 0 Å². The molecule has 0 bridgehead atoms. The van der Waals surface area contributed by atoms with Crippen molar-refractivity contribution in [2.45, 2.75) is 56.7 Å². The van der Waals surface area contributed by atoms with Crippen molar-refractivity contribution in [3.63, 3.8) is 0 Å². The van der Waals surface area contributed by atoms with Gasteiger partial charge in [-0.25, -0.2) is 0 Å². The van der Waals surface area contributed by atoms with Crippen molar-refractivity contribution in [3.05, 3.63) is 75.6 Å². The molecule has 12 heteroatoms. The van der Waals surface area contributed by atoms with Gasteiger partial charge in [0.1, 0.15) is 0 Å². The van der Waals surface area contributed by atoms with Crippen LogP contribution in [-0.2, 0) is 23.1 Å². The van der Waals surface area contributed by atoms with Crippen molar-refractivity contribution in [1.82, 2.24) is 40.6 Å². The van der Waals surface area contributed by atoms with Crippen LogP contribution in [0, 0.1) is 0 Å². The molecule has 2 atom stereocenters. The molecule has 12 nitrogen and oxygen atoms in total. The monoisotopic (exact) mass is 587 g/mol. The van der Waals surface area contributed by atoms with E-state index in [9.17, 15) is 14.4 Å². The lowest BCUT2D eigenvalue weighted by Gasteiger charge is -2.36. The third-order valence-corrected chi connectivity index (χ3v) is 8.66. The van der Waals surface area contributed by atoms with Crippen LogP contribution in [0.25, 0.3) is 0 Å². The number of likely N-dealkylation sites (tertiary alicyclic amines) is 1. The van der Waals surface area contributed by atoms with Gasteiger partial charge in [0.2, 0.25) is 5.91 Å². The summed E-state index contributed by atoms with van der Waals surface area (Å²) in [4.78, 5) is 43.8. The second-order valence-corrected chi connectivity index (χ2v) is 12.1. The van der Waals surface area contributed by atoms with Gasteiger partial charge >= 0.3 is 0 Å². The van der Waals surface area contributed by atoms with Gasteiger partial charge in [0.15, 0.2) is 5.82 Å². The fourth-order valence-corrected chi connectivity index (χ4v) is 6.52. The zero-order valence-corrected chi connectivity index (χ0v) is 25.6. The number of hydrogen-bond acceptors (Lipinski definition) is 8. The average Bonchev–Trinajstić information content (AvgIpc) is 3.67. The highest BCUT2D eigenvalue weighted by atomic mass is 16.2. The molecular formula is C31H41N9O3. The van der Waals surface area contributed by atoms with Crippen LogP contribution in [0.3, 0.4) is 0 Å². The van der Waals surface area contributed by atoms with Gasteiger partial charge in [0.05, 0.1) is 18.1 Å². The molecule has 2 heterocycles. The summed E-state index contributed by atoms with van der Waals surface area (Å²) in [6.07, 6.45) is 3.29. The number of benzene rings is 2. The van der Waals surface area contributed by atoms with E-state index in [-0.39, 0.29) is 36.5 Å². The molecule has 1 aliphatic heterocycles. The Balaban J connectivity index is 1.62. The van der Waals surface area contributed by atoms with Gasteiger partial charge in [-0.1, -0.05) is 17.3 Å². The van der Waals surface area contributed by atoms with Crippen LogP contribution in [0.2, 0.25) is 0 Å². The molecule has 0 spiro atoms. The number of nitrogens with zero attached hydrogens (tertiary/aromatic N) is 6. The number of hydrogen-bond donors (Lipinski definition) is 3. The predicted molar refractivity (Wildman–Crippen MR) is 161 cm³/mol. The van der Waals surface area contributed by atoms with E-state index < -0.39 is 5.41 Å². The average molecular weight is 588 g/mol. The quantitative estimate of drug-likeness (QED) is 0.357. The third kappa shape index (κ3) is 5.76. The molecule has 1 aromatic heterocycles. The Labute approximate surface area is 252 Å². The summed E-state index contributed by atoms with van der Waals surface area (Å²) in [6.45, 7) is 2.87. The van der Waals surface area contributed by atoms with Crippen molar-refractivity contribution < 1.29 is 14.4 Å². The van der Waals surface area contributed by atoms with E-state index in [4.69, 9.17) is 5.73 Å². The molecule has 3 amide bonds. The van der Waals surface area contributed by atoms with E-state index in [0.29, 0.717) is 42.8 Å². The normalized spacial score (nSPS) is 17.9. The van der Waals surface area contributed by atoms with Crippen molar-refractivity contribution in [3.8, 4) is 0 Å². The van der Waals surface area contributed by atoms with Crippen molar-refractivity contribution >= 4 is 17.7 Å². The van der Waals surface area contributed by atoms with Crippen LogP contribution in [0.15, 0.2) is 36.4 Å². The molecule has 2 aromatic carbocycles. The number of nitrogens with two attached hydrogens (primary N) is 1. The van der Waals surface area contributed by atoms with E-state index in [1.165, 1.54) is 0 Å². The van der Waals surface area contributed by atoms with E-state index in [2.05, 4.69) is 25.9 Å². The van der Waals surface area contributed by atoms with Gasteiger partial charge in [-0.15, -0.1) is 10.2 Å². The molecule has 0 radical (unpaired) electrons. The van der Waals surface area contributed by atoms with Crippen LogP contribution >= 0.6 is 0 Å². The highest BCUT2D eigenvalue weighted by Gasteiger charge is 2.46. The van der Waals surface area contributed by atoms with Crippen LogP contribution in [0.4, 0.5) is 0 Å². The smallest absolute Gasteiger partial charge is 0.253 e. The molecule has 1 aliphatic carbocycles. The maximum atomic E-state index is 13.0. The molecular weight excluding hydrogens is 546 g/mol. The predicted octanol–water partition coefficient (Wildman–Crippen LogP) is 1.31. The summed E-state index contributed by atoms with van der Waals surface area (Å²) in [5, 5.41) is 19.1. The number of nitrogens with one attached hydrogen (secondary N) is 2. The molecule has 4 N–H and O–H groups in total. The number of fused-ring (bicyclic) bond motifs is 2. The second kappa shape index (κ2) is 12.2. The number of amides is 3. The van der Waals surface area contributed by atoms with Crippen LogP contribution < -0.4 is 11.1 Å². The van der Waals surface area contributed by atoms with Crippen molar-refractivity contribution in [2.75, 3.05) is 41.3 Å². The zero-order chi connectivity index (χ0) is 30.9. The summed E-state index contributed by atoms with van der Waals surface area (Å²) >= 11 is 0. The first kappa shape index (κ1) is 30.3. The number of carbonyl (C=O) groups excluding carboxylic acids is 3. The van der Waals surface area contributed by atoms with E-state index in [1.807, 2.05) is 43.3 Å². The lowest BCUT2D eigenvalue weighted by atomic mass is 9.67. The first-order chi connectivity index (χ1) is 20.5. The molecule has 43 heavy (non-hydrogen) atoms. The Morgan fingerprint density at radius 2 is 1.60 bits per heavy atom. The first-order valence-corrected chi connectivity index (χ1v) is 14.8. The summed E-state index contributed by atoms with van der Waals surface area (Å²) in [5.41, 5.74) is 10.4. The molecule has 1 saturated heterocycles. The minimum Gasteiger partial charge on any atom is -0.345 e. The molecule has 0 unspecified atom stereocenters. The van der Waals surface area contributed by atoms with E-state index in [1.54, 1.807) is 42.9 Å². The number of aryl methyl sites for hydroxylation is 2. The lowest BCUT2D eigenvalue weighted by Crippen LogP contribution is -2.47. The Morgan fingerprint density at radius 1 is 1.02 bits per heavy atom. The fraction of sp³-hybridized carbons (Fsp3) is 0.484. The Kier molecular flexibility index (Phi) is 8.61. The summed E-state index contributed by atoms with van der Waals surface area (Å²) in [5.74, 6) is 0.298. The van der Waals surface area contributed by atoms with Crippen LogP contribution in [0.5, 0.6) is 0 Å². The third-order valence-electron chi connectivity index (χ3n) is 8.66. The highest BCUT2D eigenvalue weighted by Crippen LogP contribution is 2.47. The standard InChI is InChI=1S/C31H41N9O3/c1-19(33-18-27(41)40-14-6-7-26(40)32)17-31(30-34-36-37-35-30)24-12-10-22(28(42)38(2)3)15-20(24)8-9-21-16-23(11-13-25(21)31)29(43)39(4)5/h10-13,15-16,19,26,33H,6-9,14,17-18,32H2,1-5H3,(H,34,35,36,37)/t19-,26-/m0/s1. The SMILES string of the molecule is C[C@@H](CC1(c2nn[nH]n2)c2ccc(C(=O)N(C)C)cc2CCc2cc(C(=O)N(C)C)ccc21)NCC(=O)N1CCC[C@H]1N. The van der Waals surface area contributed by atoms with Crippen LogP contribution in [0.1, 0.15) is 75.0 Å². The molecule has 0 saturated carbocycles. The summed E-state index contributed by atoms with van der Waals surface area (Å²) in [6, 6.07) is 11.4. The van der Waals surface area contributed by atoms with Crippen LogP contribution in [-0.4, -0.2) is 107 Å². The Hall–Kier alpha value is -4.16. The van der Waals surface area contributed by atoms with E-state index in [0.717, 1.165) is 35.1 Å². The number of aromatic amines is 1. The minimum atomic E-state index is -0.882. The number of tetrazole rings is 1. The van der Waals surface area contributed by atoms with Gasteiger partial charge in [-0.2, -0.15) is 5.21 Å². The molecule has 228 valence electrons. The fourth-order valence-electron chi connectivity index (χ4n) is 6.52. The maximum Gasteiger partial charge on any atom is 0.253 e. The number of rotatable bonds is 8. The van der Waals surface area contributed by atoms with Gasteiger partial charge in [0, 0.05) is 51.9 Å². The Morgan fingerprint density at radius 3 is 2.07 bits per heavy atom. The summed E-state index contributed by atoms with van der Waals surface area (Å²) < 4.78 is 0. The lowest BCUT2D eigenvalue weighted by molar-refractivity contribution is -0.131. The topological polar surface area (TPSA) is 153 Å². The van der Waals surface area contributed by atoms with Gasteiger partial charge < -0.3 is 25.8 Å². The minimum absolute atomic E-state index is 0.0224. The van der Waals surface area contributed by atoms with Gasteiger partial charge in [0.25, 0.3) is 11.8 Å². The molecule has 5 rings (SSSR count). The largest absolute Gasteiger partial charge is 0.345 e. The zero-order valence-electron chi connectivity index (χ0n) is 25.6. The number of H-pyrrole nitrogens is 1. The molecule has 3 aromatic rings. The highest BCUT2D eigenvalue weighted by molar-refractivity contribution is 5.95. The Bertz CT molecular complexity index is 1430. The molecule has 2 aliphatic rings. The maximum absolute atomic E-state index is 13.0. The number of carbonyl (C=O) groups is 3. The second-order valence-electron chi connectivity index (χ2n) is 12.1. The first-order valence-electron chi connectivity index (χ1n) is 14.8. The summed E-state index contributed by atoms with van der Waals surface area (Å²) in [7, 11) is 6.95.